The first-order valence-corrected chi connectivity index (χ1v) is 13.1. The highest BCUT2D eigenvalue weighted by molar-refractivity contribution is 6.00. The summed E-state index contributed by atoms with van der Waals surface area (Å²) < 4.78 is 10.4. The zero-order chi connectivity index (χ0) is 27.4. The number of imide groups is 2. The number of carbonyl (C=O) groups is 6. The third-order valence-electron chi connectivity index (χ3n) is 7.77. The van der Waals surface area contributed by atoms with Gasteiger partial charge >= 0.3 is 11.9 Å². The van der Waals surface area contributed by atoms with E-state index in [4.69, 9.17) is 9.47 Å². The monoisotopic (exact) mass is 572 g/mol. The maximum atomic E-state index is 12.7. The molecule has 39 heavy (non-hydrogen) atoms. The number of halogens is 1. The van der Waals surface area contributed by atoms with Crippen LogP contribution in [0, 0.1) is 0 Å². The van der Waals surface area contributed by atoms with Crippen molar-refractivity contribution in [3.8, 4) is 0 Å². The van der Waals surface area contributed by atoms with Crippen molar-refractivity contribution in [1.29, 1.82) is 0 Å². The molecule has 4 saturated heterocycles. The molecule has 0 aromatic carbocycles. The third-order valence-corrected chi connectivity index (χ3v) is 7.77. The van der Waals surface area contributed by atoms with E-state index >= 15 is 0 Å². The van der Waals surface area contributed by atoms with Crippen molar-refractivity contribution < 1.29 is 38.2 Å². The summed E-state index contributed by atoms with van der Waals surface area (Å²) >= 11 is 0. The molecule has 4 atom stereocenters. The normalized spacial score (nSPS) is 26.4. The summed E-state index contributed by atoms with van der Waals surface area (Å²) in [6.45, 7) is 4.00. The van der Waals surface area contributed by atoms with Gasteiger partial charge in [-0.1, -0.05) is 0 Å². The molecule has 0 aromatic rings. The van der Waals surface area contributed by atoms with E-state index in [1.54, 1.807) is 9.80 Å². The first-order valence-electron chi connectivity index (χ1n) is 13.1. The molecule has 4 rings (SSSR count). The highest BCUT2D eigenvalue weighted by atomic mass is 35.5. The number of nitrogens with zero attached hydrogens (tertiary/aromatic N) is 4. The summed E-state index contributed by atoms with van der Waals surface area (Å²) in [5.41, 5.74) is 0. The number of piperazine rings is 2. The highest BCUT2D eigenvalue weighted by Crippen LogP contribution is 2.18. The van der Waals surface area contributed by atoms with Crippen molar-refractivity contribution >= 4 is 48.0 Å². The second kappa shape index (κ2) is 13.6. The van der Waals surface area contributed by atoms with E-state index in [1.165, 1.54) is 0 Å². The topological polar surface area (TPSA) is 158 Å². The SMILES string of the molecule is CC(C(C)N1CC(=O)N(COC(=O)C2CCCN2)C(=O)C1)N1CC(=O)N(COC(=O)C2CCCN2)C(=O)C1.Cl. The minimum absolute atomic E-state index is 0. The Morgan fingerprint density at radius 1 is 0.718 bits per heavy atom. The second-order valence-electron chi connectivity index (χ2n) is 10.2. The minimum Gasteiger partial charge on any atom is -0.443 e. The molecule has 4 fully saturated rings. The van der Waals surface area contributed by atoms with Crippen LogP contribution in [0.15, 0.2) is 0 Å². The van der Waals surface area contributed by atoms with Gasteiger partial charge in [-0.25, -0.2) is 9.80 Å². The fourth-order valence-electron chi connectivity index (χ4n) is 5.13. The lowest BCUT2D eigenvalue weighted by Gasteiger charge is -2.43. The summed E-state index contributed by atoms with van der Waals surface area (Å²) in [5.74, 6) is -2.89. The van der Waals surface area contributed by atoms with Crippen LogP contribution in [-0.4, -0.2) is 132 Å². The molecule has 4 aliphatic rings. The van der Waals surface area contributed by atoms with Crippen molar-refractivity contribution in [2.45, 2.75) is 63.7 Å². The molecule has 0 aliphatic carbocycles. The number of esters is 2. The molecule has 4 heterocycles. The van der Waals surface area contributed by atoms with Crippen LogP contribution in [0.2, 0.25) is 0 Å². The van der Waals surface area contributed by atoms with E-state index in [0.29, 0.717) is 12.8 Å². The lowest BCUT2D eigenvalue weighted by molar-refractivity contribution is -0.169. The second-order valence-corrected chi connectivity index (χ2v) is 10.2. The quantitative estimate of drug-likeness (QED) is 0.232. The van der Waals surface area contributed by atoms with Gasteiger partial charge in [0.15, 0.2) is 13.5 Å². The van der Waals surface area contributed by atoms with Gasteiger partial charge in [0.05, 0.1) is 26.2 Å². The van der Waals surface area contributed by atoms with Crippen LogP contribution < -0.4 is 10.6 Å². The fraction of sp³-hybridized carbons (Fsp3) is 0.750. The van der Waals surface area contributed by atoms with Gasteiger partial charge in [0, 0.05) is 12.1 Å². The Balaban J connectivity index is 0.00000420. The van der Waals surface area contributed by atoms with E-state index in [9.17, 15) is 28.8 Å². The molecule has 4 aliphatic heterocycles. The van der Waals surface area contributed by atoms with Crippen molar-refractivity contribution in [2.75, 3.05) is 52.7 Å². The number of ether oxygens (including phenoxy) is 2. The summed E-state index contributed by atoms with van der Waals surface area (Å²) in [6, 6.07) is -1.50. The zero-order valence-corrected chi connectivity index (χ0v) is 23.1. The fourth-order valence-corrected chi connectivity index (χ4v) is 5.13. The van der Waals surface area contributed by atoms with Crippen LogP contribution in [-0.2, 0) is 38.2 Å². The molecule has 0 saturated carbocycles. The molecule has 218 valence electrons. The predicted octanol–water partition coefficient (Wildman–Crippen LogP) is -1.97. The Morgan fingerprint density at radius 3 is 1.33 bits per heavy atom. The van der Waals surface area contributed by atoms with Crippen molar-refractivity contribution in [3.63, 3.8) is 0 Å². The van der Waals surface area contributed by atoms with E-state index in [1.807, 2.05) is 13.8 Å². The van der Waals surface area contributed by atoms with E-state index < -0.39 is 61.1 Å². The molecular formula is C24H37ClN6O8. The standard InChI is InChI=1S/C24H36N6O8.ClH/c1-15(27-9-19(31)29(20(32)10-27)13-37-23(35)17-5-3-7-25-17)16(2)28-11-21(33)30(22(34)12-28)14-38-24(36)18-6-4-8-26-18;/h15-18,25-26H,3-14H2,1-2H3;1H. The van der Waals surface area contributed by atoms with Crippen LogP contribution in [0.5, 0.6) is 0 Å². The first-order chi connectivity index (χ1) is 18.2. The Morgan fingerprint density at radius 2 is 1.05 bits per heavy atom. The van der Waals surface area contributed by atoms with Crippen molar-refractivity contribution in [3.05, 3.63) is 0 Å². The maximum absolute atomic E-state index is 12.7. The molecule has 0 aromatic heterocycles. The summed E-state index contributed by atoms with van der Waals surface area (Å²) in [5, 5.41) is 6.03. The molecule has 0 spiro atoms. The van der Waals surface area contributed by atoms with E-state index in [0.717, 1.165) is 35.7 Å². The van der Waals surface area contributed by atoms with Crippen LogP contribution in [0.1, 0.15) is 39.5 Å². The molecule has 4 unspecified atom stereocenters. The maximum Gasteiger partial charge on any atom is 0.324 e. The van der Waals surface area contributed by atoms with Gasteiger partial charge in [-0.05, 0) is 52.6 Å². The number of nitrogens with one attached hydrogen (secondary N) is 2. The Bertz CT molecular complexity index is 858. The Kier molecular flexibility index (Phi) is 10.8. The summed E-state index contributed by atoms with van der Waals surface area (Å²) in [7, 11) is 0. The average Bonchev–Trinajstić information content (AvgIpc) is 3.61. The smallest absolute Gasteiger partial charge is 0.324 e. The van der Waals surface area contributed by atoms with Crippen molar-refractivity contribution in [2.24, 2.45) is 0 Å². The lowest BCUT2D eigenvalue weighted by atomic mass is 10.1. The minimum atomic E-state index is -0.483. The molecule has 2 N–H and O–H groups in total. The Labute approximate surface area is 233 Å². The third kappa shape index (κ3) is 7.31. The Hall–Kier alpha value is -2.65. The van der Waals surface area contributed by atoms with Gasteiger partial charge in [0.2, 0.25) is 23.6 Å². The molecule has 0 bridgehead atoms. The first kappa shape index (κ1) is 30.9. The van der Waals surface area contributed by atoms with E-state index in [2.05, 4.69) is 10.6 Å². The van der Waals surface area contributed by atoms with Crippen LogP contribution in [0.4, 0.5) is 0 Å². The molecule has 14 nitrogen and oxygen atoms in total. The number of amides is 4. The zero-order valence-electron chi connectivity index (χ0n) is 22.3. The van der Waals surface area contributed by atoms with Crippen molar-refractivity contribution in [1.82, 2.24) is 30.2 Å². The van der Waals surface area contributed by atoms with Gasteiger partial charge in [-0.2, -0.15) is 0 Å². The highest BCUT2D eigenvalue weighted by Gasteiger charge is 2.40. The summed E-state index contributed by atoms with van der Waals surface area (Å²) in [4.78, 5) is 80.3. The number of carbonyl (C=O) groups excluding carboxylic acids is 6. The van der Waals surface area contributed by atoms with Gasteiger partial charge in [-0.3, -0.25) is 38.6 Å². The number of hydrogen-bond acceptors (Lipinski definition) is 12. The van der Waals surface area contributed by atoms with Crippen LogP contribution in [0.25, 0.3) is 0 Å². The summed E-state index contributed by atoms with van der Waals surface area (Å²) in [6.07, 6.45) is 3.05. The van der Waals surface area contributed by atoms with Gasteiger partial charge in [0.1, 0.15) is 12.1 Å². The largest absolute Gasteiger partial charge is 0.443 e. The molecular weight excluding hydrogens is 536 g/mol. The average molecular weight is 573 g/mol. The molecule has 0 radical (unpaired) electrons. The van der Waals surface area contributed by atoms with E-state index in [-0.39, 0.29) is 50.7 Å². The number of rotatable bonds is 9. The predicted molar refractivity (Wildman–Crippen MR) is 137 cm³/mol. The van der Waals surface area contributed by atoms with Gasteiger partial charge < -0.3 is 20.1 Å². The van der Waals surface area contributed by atoms with Gasteiger partial charge in [0.25, 0.3) is 0 Å². The van der Waals surface area contributed by atoms with Crippen LogP contribution in [0.3, 0.4) is 0 Å². The van der Waals surface area contributed by atoms with Crippen LogP contribution >= 0.6 is 12.4 Å². The molecule has 4 amide bonds. The number of hydrogen-bond donors (Lipinski definition) is 2. The molecule has 15 heteroatoms. The lowest BCUT2D eigenvalue weighted by Crippen LogP contribution is -2.63. The van der Waals surface area contributed by atoms with Gasteiger partial charge in [-0.15, -0.1) is 12.4 Å².